The van der Waals surface area contributed by atoms with Crippen LogP contribution in [0.4, 0.5) is 0 Å². The lowest BCUT2D eigenvalue weighted by Crippen LogP contribution is -2.02. The Balaban J connectivity index is 1.40. The first-order chi connectivity index (χ1) is 10.3. The second-order valence-corrected chi connectivity index (χ2v) is 5.01. The number of para-hydroxylation sites is 1. The van der Waals surface area contributed by atoms with E-state index in [0.29, 0.717) is 6.61 Å². The number of unbranched alkanes of at least 4 members (excludes halogenated alkanes) is 2. The van der Waals surface area contributed by atoms with Crippen LogP contribution >= 0.6 is 0 Å². The van der Waals surface area contributed by atoms with E-state index in [4.69, 9.17) is 14.0 Å². The van der Waals surface area contributed by atoms with Crippen molar-refractivity contribution in [2.75, 3.05) is 19.8 Å². The van der Waals surface area contributed by atoms with Gasteiger partial charge >= 0.3 is 0 Å². The van der Waals surface area contributed by atoms with Gasteiger partial charge in [-0.15, -0.1) is 0 Å². The number of benzene rings is 1. The summed E-state index contributed by atoms with van der Waals surface area (Å²) in [4.78, 5) is 0. The first kappa shape index (κ1) is 15.6. The van der Waals surface area contributed by atoms with Crippen LogP contribution in [0.1, 0.15) is 30.7 Å². The SMILES string of the molecule is Cc1cc(CCOCCCCCOc2ccccc2)no1. The van der Waals surface area contributed by atoms with E-state index in [1.54, 1.807) is 0 Å². The minimum atomic E-state index is 0.701. The van der Waals surface area contributed by atoms with Crippen LogP contribution in [0.5, 0.6) is 5.75 Å². The molecule has 1 aromatic carbocycles. The predicted octanol–water partition coefficient (Wildman–Crippen LogP) is 3.79. The number of hydrogen-bond acceptors (Lipinski definition) is 4. The molecule has 21 heavy (non-hydrogen) atoms. The summed E-state index contributed by atoms with van der Waals surface area (Å²) in [6, 6.07) is 11.9. The van der Waals surface area contributed by atoms with Crippen molar-refractivity contribution in [2.24, 2.45) is 0 Å². The van der Waals surface area contributed by atoms with Crippen molar-refractivity contribution >= 4 is 0 Å². The largest absolute Gasteiger partial charge is 0.494 e. The fourth-order valence-electron chi connectivity index (χ4n) is 2.00. The Morgan fingerprint density at radius 1 is 1.00 bits per heavy atom. The maximum Gasteiger partial charge on any atom is 0.133 e. The summed E-state index contributed by atoms with van der Waals surface area (Å²) >= 11 is 0. The lowest BCUT2D eigenvalue weighted by molar-refractivity contribution is 0.130. The monoisotopic (exact) mass is 289 g/mol. The van der Waals surface area contributed by atoms with Gasteiger partial charge in [0, 0.05) is 19.1 Å². The summed E-state index contributed by atoms with van der Waals surface area (Å²) < 4.78 is 16.2. The third kappa shape index (κ3) is 6.45. The molecule has 4 nitrogen and oxygen atoms in total. The quantitative estimate of drug-likeness (QED) is 0.624. The predicted molar refractivity (Wildman–Crippen MR) is 81.6 cm³/mol. The van der Waals surface area contributed by atoms with Gasteiger partial charge in [-0.1, -0.05) is 23.4 Å². The molecule has 4 heteroatoms. The highest BCUT2D eigenvalue weighted by Gasteiger charge is 1.99. The number of rotatable bonds is 10. The average Bonchev–Trinajstić information content (AvgIpc) is 2.92. The molecule has 0 amide bonds. The summed E-state index contributed by atoms with van der Waals surface area (Å²) in [6.45, 7) is 4.16. The Morgan fingerprint density at radius 3 is 2.57 bits per heavy atom. The number of hydrogen-bond donors (Lipinski definition) is 0. The normalized spacial score (nSPS) is 10.7. The van der Waals surface area contributed by atoms with Crippen LogP contribution in [-0.2, 0) is 11.2 Å². The minimum Gasteiger partial charge on any atom is -0.494 e. The number of ether oxygens (including phenoxy) is 2. The number of aryl methyl sites for hydroxylation is 1. The van der Waals surface area contributed by atoms with E-state index in [1.807, 2.05) is 43.3 Å². The van der Waals surface area contributed by atoms with Crippen molar-refractivity contribution in [1.29, 1.82) is 0 Å². The summed E-state index contributed by atoms with van der Waals surface area (Å²) in [5.74, 6) is 1.79. The zero-order chi connectivity index (χ0) is 14.8. The molecule has 0 fully saturated rings. The summed E-state index contributed by atoms with van der Waals surface area (Å²) in [5.41, 5.74) is 0.962. The molecule has 0 N–H and O–H groups in total. The van der Waals surface area contributed by atoms with Crippen molar-refractivity contribution in [3.8, 4) is 5.75 Å². The van der Waals surface area contributed by atoms with Crippen LogP contribution < -0.4 is 4.74 Å². The van der Waals surface area contributed by atoms with Gasteiger partial charge in [0.2, 0.25) is 0 Å². The highest BCUT2D eigenvalue weighted by molar-refractivity contribution is 5.20. The molecule has 0 aliphatic heterocycles. The van der Waals surface area contributed by atoms with E-state index >= 15 is 0 Å². The summed E-state index contributed by atoms with van der Waals surface area (Å²) in [7, 11) is 0. The molecule has 0 unspecified atom stereocenters. The third-order valence-corrected chi connectivity index (χ3v) is 3.12. The zero-order valence-electron chi connectivity index (χ0n) is 12.6. The highest BCUT2D eigenvalue weighted by atomic mass is 16.5. The Bertz CT molecular complexity index is 496. The van der Waals surface area contributed by atoms with Gasteiger partial charge in [0.15, 0.2) is 0 Å². The van der Waals surface area contributed by atoms with E-state index < -0.39 is 0 Å². The lowest BCUT2D eigenvalue weighted by atomic mass is 10.2. The molecule has 0 saturated carbocycles. The minimum absolute atomic E-state index is 0.701. The number of aromatic nitrogens is 1. The molecule has 0 aliphatic rings. The molecule has 2 rings (SSSR count). The molecule has 0 bridgehead atoms. The molecule has 114 valence electrons. The molecule has 0 atom stereocenters. The second kappa shape index (κ2) is 9.19. The standard InChI is InChI=1S/C17H23NO3/c1-15-14-16(18-21-15)10-13-19-11-6-3-7-12-20-17-8-4-2-5-9-17/h2,4-5,8-9,14H,3,6-7,10-13H2,1H3. The average molecular weight is 289 g/mol. The third-order valence-electron chi connectivity index (χ3n) is 3.12. The van der Waals surface area contributed by atoms with E-state index in [1.165, 1.54) is 0 Å². The van der Waals surface area contributed by atoms with Crippen molar-refractivity contribution < 1.29 is 14.0 Å². The van der Waals surface area contributed by atoms with Crippen LogP contribution in [-0.4, -0.2) is 25.0 Å². The fourth-order valence-corrected chi connectivity index (χ4v) is 2.00. The van der Waals surface area contributed by atoms with Crippen molar-refractivity contribution in [2.45, 2.75) is 32.6 Å². The Hall–Kier alpha value is -1.81. The molecule has 1 aromatic heterocycles. The number of nitrogens with zero attached hydrogens (tertiary/aromatic N) is 1. The van der Waals surface area contributed by atoms with E-state index in [9.17, 15) is 0 Å². The molecular formula is C17H23NO3. The molecule has 0 radical (unpaired) electrons. The molecule has 0 aliphatic carbocycles. The topological polar surface area (TPSA) is 44.5 Å². The van der Waals surface area contributed by atoms with Crippen LogP contribution in [0.3, 0.4) is 0 Å². The molecule has 1 heterocycles. The highest BCUT2D eigenvalue weighted by Crippen LogP contribution is 2.09. The smallest absolute Gasteiger partial charge is 0.133 e. The summed E-state index contributed by atoms with van der Waals surface area (Å²) in [6.07, 6.45) is 4.06. The van der Waals surface area contributed by atoms with Crippen molar-refractivity contribution in [1.82, 2.24) is 5.16 Å². The summed E-state index contributed by atoms with van der Waals surface area (Å²) in [5, 5.41) is 3.93. The Morgan fingerprint density at radius 2 is 1.81 bits per heavy atom. The van der Waals surface area contributed by atoms with E-state index in [-0.39, 0.29) is 0 Å². The van der Waals surface area contributed by atoms with Gasteiger partial charge in [-0.3, -0.25) is 0 Å². The van der Waals surface area contributed by atoms with E-state index in [0.717, 1.165) is 56.1 Å². The second-order valence-electron chi connectivity index (χ2n) is 5.01. The van der Waals surface area contributed by atoms with Crippen LogP contribution in [0.2, 0.25) is 0 Å². The Labute approximate surface area is 126 Å². The van der Waals surface area contributed by atoms with Gasteiger partial charge in [0.1, 0.15) is 11.5 Å². The molecule has 0 saturated heterocycles. The molecular weight excluding hydrogens is 266 g/mol. The van der Waals surface area contributed by atoms with E-state index in [2.05, 4.69) is 5.16 Å². The van der Waals surface area contributed by atoms with Gasteiger partial charge in [0.05, 0.1) is 18.9 Å². The molecule has 2 aromatic rings. The van der Waals surface area contributed by atoms with Crippen LogP contribution in [0.15, 0.2) is 40.9 Å². The van der Waals surface area contributed by atoms with Crippen LogP contribution in [0, 0.1) is 6.92 Å². The maximum atomic E-state index is 5.63. The molecule has 0 spiro atoms. The maximum absolute atomic E-state index is 5.63. The first-order valence-electron chi connectivity index (χ1n) is 7.52. The lowest BCUT2D eigenvalue weighted by Gasteiger charge is -2.06. The Kier molecular flexibility index (Phi) is 6.81. The zero-order valence-corrected chi connectivity index (χ0v) is 12.6. The van der Waals surface area contributed by atoms with Crippen molar-refractivity contribution in [3.63, 3.8) is 0 Å². The van der Waals surface area contributed by atoms with Crippen LogP contribution in [0.25, 0.3) is 0 Å². The first-order valence-corrected chi connectivity index (χ1v) is 7.52. The van der Waals surface area contributed by atoms with Gasteiger partial charge in [-0.2, -0.15) is 0 Å². The van der Waals surface area contributed by atoms with Gasteiger partial charge in [-0.05, 0) is 38.3 Å². The van der Waals surface area contributed by atoms with Gasteiger partial charge in [0.25, 0.3) is 0 Å². The van der Waals surface area contributed by atoms with Gasteiger partial charge in [-0.25, -0.2) is 0 Å². The van der Waals surface area contributed by atoms with Crippen molar-refractivity contribution in [3.05, 3.63) is 47.9 Å². The fraction of sp³-hybridized carbons (Fsp3) is 0.471. The van der Waals surface area contributed by atoms with Gasteiger partial charge < -0.3 is 14.0 Å².